The van der Waals surface area contributed by atoms with Crippen molar-refractivity contribution >= 4 is 23.1 Å². The van der Waals surface area contributed by atoms with Crippen LogP contribution in [0.1, 0.15) is 41.7 Å². The van der Waals surface area contributed by atoms with Crippen molar-refractivity contribution in [3.8, 4) is 5.75 Å². The number of hydrogen-bond acceptors (Lipinski definition) is 4. The smallest absolute Gasteiger partial charge is 0.259 e. The highest BCUT2D eigenvalue weighted by Crippen LogP contribution is 2.46. The molecule has 0 fully saturated rings. The molecule has 5 rings (SSSR count). The number of methoxy groups -OCH3 is 1. The van der Waals surface area contributed by atoms with E-state index >= 15 is 0 Å². The number of nitrogens with one attached hydrogen (secondary N) is 1. The van der Waals surface area contributed by atoms with E-state index in [4.69, 9.17) is 4.74 Å². The Balaban J connectivity index is 1.77. The lowest BCUT2D eigenvalue weighted by molar-refractivity contribution is -0.117. The Bertz CT molecular complexity index is 1230. The second kappa shape index (κ2) is 8.58. The highest BCUT2D eigenvalue weighted by atomic mass is 16.5. The molecule has 5 heteroatoms. The lowest BCUT2D eigenvalue weighted by atomic mass is 9.81. The molecule has 2 atom stereocenters. The van der Waals surface area contributed by atoms with Gasteiger partial charge < -0.3 is 10.1 Å². The van der Waals surface area contributed by atoms with Gasteiger partial charge in [-0.3, -0.25) is 14.5 Å². The van der Waals surface area contributed by atoms with E-state index in [1.807, 2.05) is 78.9 Å². The lowest BCUT2D eigenvalue weighted by Crippen LogP contribution is -2.38. The average Bonchev–Trinajstić information content (AvgIpc) is 2.98. The molecule has 1 aliphatic carbocycles. The van der Waals surface area contributed by atoms with Gasteiger partial charge in [0.2, 0.25) is 0 Å². The number of nitrogens with zero attached hydrogens (tertiary/aromatic N) is 1. The Kier molecular flexibility index (Phi) is 5.47. The topological polar surface area (TPSA) is 58.6 Å². The third-order valence-corrected chi connectivity index (χ3v) is 6.36. The molecule has 0 radical (unpaired) electrons. The summed E-state index contributed by atoms with van der Waals surface area (Å²) in [5.74, 6) is 0.898. The maximum atomic E-state index is 14.0. The minimum absolute atomic E-state index is 0.0794. The summed E-state index contributed by atoms with van der Waals surface area (Å²) in [5, 5.41) is 3.52. The lowest BCUT2D eigenvalue weighted by Gasteiger charge is -2.34. The van der Waals surface area contributed by atoms with E-state index in [0.29, 0.717) is 17.6 Å². The molecule has 0 spiro atoms. The number of carbonyl (C=O) groups excluding carboxylic acids is 2. The van der Waals surface area contributed by atoms with Crippen molar-refractivity contribution in [3.05, 3.63) is 101 Å². The zero-order chi connectivity index (χ0) is 22.9. The number of amides is 1. The summed E-state index contributed by atoms with van der Waals surface area (Å²) >= 11 is 0. The Morgan fingerprint density at radius 3 is 2.36 bits per heavy atom. The summed E-state index contributed by atoms with van der Waals surface area (Å²) in [7, 11) is 1.62. The number of carbonyl (C=O) groups is 2. The average molecular weight is 439 g/mol. The molecule has 0 unspecified atom stereocenters. The summed E-state index contributed by atoms with van der Waals surface area (Å²) in [6.45, 7) is 2.09. The number of fused-ring (bicyclic) bond motifs is 1. The minimum Gasteiger partial charge on any atom is -0.497 e. The fourth-order valence-electron chi connectivity index (χ4n) is 4.83. The van der Waals surface area contributed by atoms with Gasteiger partial charge >= 0.3 is 0 Å². The molecule has 3 aromatic rings. The molecule has 2 aliphatic rings. The number of ether oxygens (including phenoxy) is 1. The van der Waals surface area contributed by atoms with Crippen molar-refractivity contribution in [3.63, 3.8) is 0 Å². The van der Waals surface area contributed by atoms with E-state index in [2.05, 4.69) is 12.2 Å². The van der Waals surface area contributed by atoms with E-state index in [1.165, 1.54) is 0 Å². The summed E-state index contributed by atoms with van der Waals surface area (Å²) < 4.78 is 5.35. The monoisotopic (exact) mass is 438 g/mol. The second-order valence-corrected chi connectivity index (χ2v) is 8.69. The van der Waals surface area contributed by atoms with Crippen LogP contribution in [0, 0.1) is 5.92 Å². The van der Waals surface area contributed by atoms with Gasteiger partial charge in [-0.25, -0.2) is 0 Å². The van der Waals surface area contributed by atoms with E-state index in [0.717, 1.165) is 34.8 Å². The van der Waals surface area contributed by atoms with Crippen LogP contribution < -0.4 is 15.0 Å². The van der Waals surface area contributed by atoms with E-state index < -0.39 is 6.04 Å². The number of hydrogen-bond donors (Lipinski definition) is 1. The molecule has 166 valence electrons. The quantitative estimate of drug-likeness (QED) is 0.565. The van der Waals surface area contributed by atoms with Gasteiger partial charge in [0.25, 0.3) is 5.91 Å². The molecule has 1 heterocycles. The summed E-state index contributed by atoms with van der Waals surface area (Å²) in [6.07, 6.45) is 1.23. The van der Waals surface area contributed by atoms with Crippen LogP contribution in [0.5, 0.6) is 5.75 Å². The SMILES string of the molecule is COc1ccc([C@H]2C3=C(C[C@H](C)CC3=O)Nc3ccccc3N2C(=O)c2ccccc2)cc1. The van der Waals surface area contributed by atoms with E-state index in [9.17, 15) is 9.59 Å². The molecule has 0 bridgehead atoms. The van der Waals surface area contributed by atoms with Gasteiger partial charge in [0.15, 0.2) is 5.78 Å². The first-order valence-electron chi connectivity index (χ1n) is 11.2. The second-order valence-electron chi connectivity index (χ2n) is 8.69. The Morgan fingerprint density at radius 1 is 0.939 bits per heavy atom. The number of Topliss-reactive ketones (excluding diaryl/α,β-unsaturated/α-hetero) is 1. The molecule has 5 nitrogen and oxygen atoms in total. The number of ketones is 1. The summed E-state index contributed by atoms with van der Waals surface area (Å²) in [4.78, 5) is 29.3. The van der Waals surface area contributed by atoms with Crippen LogP contribution in [0.3, 0.4) is 0 Å². The third-order valence-electron chi connectivity index (χ3n) is 6.36. The number of benzene rings is 3. The van der Waals surface area contributed by atoms with Gasteiger partial charge in [-0.05, 0) is 54.3 Å². The predicted molar refractivity (Wildman–Crippen MR) is 129 cm³/mol. The standard InChI is InChI=1S/C28H26N2O3/c1-18-16-23-26(25(31)17-18)27(19-12-14-21(33-2)15-13-19)30(24-11-7-6-10-22(24)29-23)28(32)20-8-4-3-5-9-20/h3-15,18,27,29H,16-17H2,1-2H3/t18-,27-/m0/s1. The van der Waals surface area contributed by atoms with Crippen LogP contribution >= 0.6 is 0 Å². The zero-order valence-corrected chi connectivity index (χ0v) is 18.7. The normalized spacial score (nSPS) is 19.8. The maximum absolute atomic E-state index is 14.0. The first-order chi connectivity index (χ1) is 16.1. The van der Waals surface area contributed by atoms with Crippen molar-refractivity contribution in [2.24, 2.45) is 5.92 Å². The van der Waals surface area contributed by atoms with E-state index in [-0.39, 0.29) is 17.6 Å². The van der Waals surface area contributed by atoms with Gasteiger partial charge in [-0.2, -0.15) is 0 Å². The number of anilines is 2. The fraction of sp³-hybridized carbons (Fsp3) is 0.214. The van der Waals surface area contributed by atoms with Crippen LogP contribution in [0.15, 0.2) is 90.1 Å². The van der Waals surface area contributed by atoms with Crippen molar-refractivity contribution in [2.45, 2.75) is 25.8 Å². The molecule has 1 N–H and O–H groups in total. The van der Waals surface area contributed by atoms with Crippen LogP contribution in [0.2, 0.25) is 0 Å². The summed E-state index contributed by atoms with van der Waals surface area (Å²) in [6, 6.07) is 24.1. The zero-order valence-electron chi connectivity index (χ0n) is 18.7. The Labute approximate surface area is 193 Å². The molecule has 33 heavy (non-hydrogen) atoms. The van der Waals surface area contributed by atoms with Gasteiger partial charge in [0.05, 0.1) is 24.5 Å². The minimum atomic E-state index is -0.547. The van der Waals surface area contributed by atoms with Crippen molar-refractivity contribution < 1.29 is 14.3 Å². The maximum Gasteiger partial charge on any atom is 0.259 e. The number of allylic oxidation sites excluding steroid dienone is 1. The van der Waals surface area contributed by atoms with Gasteiger partial charge in [-0.1, -0.05) is 49.4 Å². The molecular weight excluding hydrogens is 412 g/mol. The number of para-hydroxylation sites is 2. The largest absolute Gasteiger partial charge is 0.497 e. The van der Waals surface area contributed by atoms with Crippen molar-refractivity contribution in [2.75, 3.05) is 17.3 Å². The van der Waals surface area contributed by atoms with Gasteiger partial charge in [-0.15, -0.1) is 0 Å². The van der Waals surface area contributed by atoms with Crippen molar-refractivity contribution in [1.29, 1.82) is 0 Å². The molecule has 3 aromatic carbocycles. The molecular formula is C28H26N2O3. The molecule has 0 aromatic heterocycles. The fourth-order valence-corrected chi connectivity index (χ4v) is 4.83. The van der Waals surface area contributed by atoms with Crippen LogP contribution in [0.25, 0.3) is 0 Å². The third kappa shape index (κ3) is 3.80. The van der Waals surface area contributed by atoms with Crippen molar-refractivity contribution in [1.82, 2.24) is 0 Å². The predicted octanol–water partition coefficient (Wildman–Crippen LogP) is 5.76. The van der Waals surface area contributed by atoms with Crippen LogP contribution in [-0.4, -0.2) is 18.8 Å². The summed E-state index contributed by atoms with van der Waals surface area (Å²) in [5.41, 5.74) is 4.59. The van der Waals surface area contributed by atoms with Crippen LogP contribution in [0.4, 0.5) is 11.4 Å². The van der Waals surface area contributed by atoms with Gasteiger partial charge in [0, 0.05) is 23.3 Å². The highest BCUT2D eigenvalue weighted by molar-refractivity contribution is 6.11. The first kappa shape index (κ1) is 21.0. The molecule has 1 aliphatic heterocycles. The highest BCUT2D eigenvalue weighted by Gasteiger charge is 2.40. The number of rotatable bonds is 3. The Hall–Kier alpha value is -3.86. The Morgan fingerprint density at radius 2 is 1.64 bits per heavy atom. The molecule has 1 amide bonds. The van der Waals surface area contributed by atoms with E-state index in [1.54, 1.807) is 12.0 Å². The molecule has 0 saturated carbocycles. The molecule has 0 saturated heterocycles. The first-order valence-corrected chi connectivity index (χ1v) is 11.2. The van der Waals surface area contributed by atoms with Crippen LogP contribution in [-0.2, 0) is 4.79 Å². The van der Waals surface area contributed by atoms with Gasteiger partial charge in [0.1, 0.15) is 5.75 Å².